The normalized spacial score (nSPS) is 25.1. The highest BCUT2D eigenvalue weighted by molar-refractivity contribution is 5.84. The third-order valence-corrected chi connectivity index (χ3v) is 5.23. The zero-order valence-corrected chi connectivity index (χ0v) is 13.7. The Morgan fingerprint density at radius 3 is 2.76 bits per heavy atom. The minimum Gasteiger partial charge on any atom is -0.480 e. The number of hydrogen-bond acceptors (Lipinski definition) is 5. The van der Waals surface area contributed by atoms with Gasteiger partial charge in [0.15, 0.2) is 0 Å². The fourth-order valence-electron chi connectivity index (χ4n) is 4.10. The van der Waals surface area contributed by atoms with Crippen molar-refractivity contribution in [3.8, 4) is 11.4 Å². The van der Waals surface area contributed by atoms with Gasteiger partial charge >= 0.3 is 5.97 Å². The number of amides is 1. The zero-order valence-electron chi connectivity index (χ0n) is 13.7. The number of aliphatic carboxylic acids is 1. The van der Waals surface area contributed by atoms with Crippen molar-refractivity contribution < 1.29 is 14.7 Å². The van der Waals surface area contributed by atoms with E-state index in [4.69, 9.17) is 0 Å². The van der Waals surface area contributed by atoms with Gasteiger partial charge in [0.2, 0.25) is 11.7 Å². The van der Waals surface area contributed by atoms with Crippen LogP contribution < -0.4 is 0 Å². The minimum atomic E-state index is -0.917. The van der Waals surface area contributed by atoms with E-state index in [0.717, 1.165) is 24.8 Å². The van der Waals surface area contributed by atoms with Crippen LogP contribution in [-0.4, -0.2) is 54.7 Å². The molecule has 1 saturated carbocycles. The molecule has 2 fully saturated rings. The van der Waals surface area contributed by atoms with E-state index in [-0.39, 0.29) is 18.4 Å². The molecule has 8 nitrogen and oxygen atoms in total. The Balaban J connectivity index is 1.49. The number of rotatable bonds is 4. The first-order valence-corrected chi connectivity index (χ1v) is 8.49. The smallest absolute Gasteiger partial charge is 0.326 e. The van der Waals surface area contributed by atoms with Crippen LogP contribution in [0.3, 0.4) is 0 Å². The molecule has 2 aromatic rings. The molecule has 8 heteroatoms. The van der Waals surface area contributed by atoms with Gasteiger partial charge in [-0.2, -0.15) is 4.80 Å². The second-order valence-corrected chi connectivity index (χ2v) is 6.69. The third-order valence-electron chi connectivity index (χ3n) is 5.23. The maximum atomic E-state index is 12.6. The monoisotopic (exact) mass is 341 g/mol. The van der Waals surface area contributed by atoms with Crippen LogP contribution in [0, 0.1) is 11.8 Å². The van der Waals surface area contributed by atoms with Crippen LogP contribution in [-0.2, 0) is 16.1 Å². The lowest BCUT2D eigenvalue weighted by Gasteiger charge is -2.24. The molecule has 25 heavy (non-hydrogen) atoms. The Kier molecular flexibility index (Phi) is 3.95. The molecule has 1 saturated heterocycles. The maximum absolute atomic E-state index is 12.6. The lowest BCUT2D eigenvalue weighted by Crippen LogP contribution is -2.44. The van der Waals surface area contributed by atoms with Crippen LogP contribution >= 0.6 is 0 Å². The predicted molar refractivity (Wildman–Crippen MR) is 87.2 cm³/mol. The molecule has 4 rings (SSSR count). The number of nitrogens with zero attached hydrogens (tertiary/aromatic N) is 5. The average molecular weight is 341 g/mol. The lowest BCUT2D eigenvalue weighted by molar-refractivity contribution is -0.150. The van der Waals surface area contributed by atoms with Gasteiger partial charge in [0.1, 0.15) is 12.6 Å². The molecular formula is C17H19N5O3. The fraction of sp³-hybridized carbons (Fsp3) is 0.471. The lowest BCUT2D eigenvalue weighted by atomic mass is 9.94. The summed E-state index contributed by atoms with van der Waals surface area (Å²) in [5.74, 6) is -0.363. The summed E-state index contributed by atoms with van der Waals surface area (Å²) in [4.78, 5) is 27.0. The number of fused-ring (bicyclic) bond motifs is 1. The highest BCUT2D eigenvalue weighted by Gasteiger charge is 2.49. The largest absolute Gasteiger partial charge is 0.480 e. The van der Waals surface area contributed by atoms with Crippen molar-refractivity contribution in [2.45, 2.75) is 31.8 Å². The second-order valence-electron chi connectivity index (χ2n) is 6.69. The van der Waals surface area contributed by atoms with Gasteiger partial charge in [0, 0.05) is 12.1 Å². The summed E-state index contributed by atoms with van der Waals surface area (Å²) in [7, 11) is 0. The number of hydrogen-bond donors (Lipinski definition) is 1. The summed E-state index contributed by atoms with van der Waals surface area (Å²) in [5, 5.41) is 21.7. The average Bonchev–Trinajstić information content (AvgIpc) is 3.30. The molecule has 1 N–H and O–H groups in total. The molecule has 0 spiro atoms. The van der Waals surface area contributed by atoms with Crippen molar-refractivity contribution in [3.05, 3.63) is 30.3 Å². The first kappa shape index (κ1) is 15.7. The first-order chi connectivity index (χ1) is 12.1. The fourth-order valence-corrected chi connectivity index (χ4v) is 4.10. The third kappa shape index (κ3) is 2.88. The Bertz CT molecular complexity index is 791. The first-order valence-electron chi connectivity index (χ1n) is 8.49. The van der Waals surface area contributed by atoms with Crippen molar-refractivity contribution in [1.29, 1.82) is 0 Å². The summed E-state index contributed by atoms with van der Waals surface area (Å²) in [6.07, 6.45) is 2.93. The van der Waals surface area contributed by atoms with Crippen LogP contribution in [0.2, 0.25) is 0 Å². The van der Waals surface area contributed by atoms with E-state index in [2.05, 4.69) is 15.4 Å². The van der Waals surface area contributed by atoms with E-state index in [9.17, 15) is 14.7 Å². The van der Waals surface area contributed by atoms with Crippen molar-refractivity contribution in [3.63, 3.8) is 0 Å². The summed E-state index contributed by atoms with van der Waals surface area (Å²) >= 11 is 0. The molecule has 1 aliphatic carbocycles. The Labute approximate surface area is 144 Å². The number of carboxylic acids is 1. The molecule has 3 unspecified atom stereocenters. The van der Waals surface area contributed by atoms with Gasteiger partial charge in [-0.1, -0.05) is 36.8 Å². The summed E-state index contributed by atoms with van der Waals surface area (Å²) in [5.41, 5.74) is 0.820. The highest BCUT2D eigenvalue weighted by atomic mass is 16.4. The summed E-state index contributed by atoms with van der Waals surface area (Å²) in [6, 6.07) is 8.66. The SMILES string of the molecule is O=C(O)C1C2CCCC2CN1C(=O)Cn1nnc(-c2ccccc2)n1. The van der Waals surface area contributed by atoms with Gasteiger partial charge in [0.05, 0.1) is 0 Å². The van der Waals surface area contributed by atoms with Gasteiger partial charge in [-0.25, -0.2) is 4.79 Å². The van der Waals surface area contributed by atoms with Crippen LogP contribution in [0.5, 0.6) is 0 Å². The van der Waals surface area contributed by atoms with Gasteiger partial charge in [-0.3, -0.25) is 4.79 Å². The molecule has 2 heterocycles. The van der Waals surface area contributed by atoms with E-state index in [0.29, 0.717) is 18.3 Å². The van der Waals surface area contributed by atoms with Crippen molar-refractivity contribution in [2.24, 2.45) is 11.8 Å². The van der Waals surface area contributed by atoms with Crippen LogP contribution in [0.15, 0.2) is 30.3 Å². The topological polar surface area (TPSA) is 101 Å². The van der Waals surface area contributed by atoms with Gasteiger partial charge < -0.3 is 10.0 Å². The number of carbonyl (C=O) groups excluding carboxylic acids is 1. The van der Waals surface area contributed by atoms with E-state index in [1.807, 2.05) is 30.3 Å². The highest BCUT2D eigenvalue weighted by Crippen LogP contribution is 2.42. The van der Waals surface area contributed by atoms with E-state index < -0.39 is 12.0 Å². The number of benzene rings is 1. The molecule has 3 atom stereocenters. The minimum absolute atomic E-state index is 0.0741. The summed E-state index contributed by atoms with van der Waals surface area (Å²) < 4.78 is 0. The summed E-state index contributed by atoms with van der Waals surface area (Å²) in [6.45, 7) is 0.420. The van der Waals surface area contributed by atoms with Crippen molar-refractivity contribution in [1.82, 2.24) is 25.1 Å². The number of tetrazole rings is 1. The molecule has 0 bridgehead atoms. The van der Waals surface area contributed by atoms with Crippen molar-refractivity contribution in [2.75, 3.05) is 6.54 Å². The molecule has 1 aliphatic heterocycles. The number of aromatic nitrogens is 4. The van der Waals surface area contributed by atoms with Gasteiger partial charge in [-0.05, 0) is 29.9 Å². The molecule has 1 amide bonds. The Morgan fingerprint density at radius 2 is 2.00 bits per heavy atom. The van der Waals surface area contributed by atoms with Crippen LogP contribution in [0.25, 0.3) is 11.4 Å². The van der Waals surface area contributed by atoms with E-state index >= 15 is 0 Å². The molecule has 130 valence electrons. The number of carboxylic acid groups (broad SMARTS) is 1. The zero-order chi connectivity index (χ0) is 17.4. The van der Waals surface area contributed by atoms with Gasteiger partial charge in [0.25, 0.3) is 0 Å². The van der Waals surface area contributed by atoms with Crippen LogP contribution in [0.1, 0.15) is 19.3 Å². The molecular weight excluding hydrogens is 322 g/mol. The van der Waals surface area contributed by atoms with Gasteiger partial charge in [-0.15, -0.1) is 10.2 Å². The quantitative estimate of drug-likeness (QED) is 0.892. The van der Waals surface area contributed by atoms with Crippen molar-refractivity contribution >= 4 is 11.9 Å². The van der Waals surface area contributed by atoms with E-state index in [1.165, 1.54) is 9.70 Å². The maximum Gasteiger partial charge on any atom is 0.326 e. The number of carbonyl (C=O) groups is 2. The Morgan fingerprint density at radius 1 is 1.20 bits per heavy atom. The predicted octanol–water partition coefficient (Wildman–Crippen LogP) is 1.05. The number of likely N-dealkylation sites (tertiary alicyclic amines) is 1. The van der Waals surface area contributed by atoms with E-state index in [1.54, 1.807) is 0 Å². The second kappa shape index (κ2) is 6.27. The molecule has 2 aliphatic rings. The molecule has 1 aromatic heterocycles. The molecule has 1 aromatic carbocycles. The van der Waals surface area contributed by atoms with Crippen LogP contribution in [0.4, 0.5) is 0 Å². The molecule has 0 radical (unpaired) electrons. The Hall–Kier alpha value is -2.77. The standard InChI is InChI=1S/C17H19N5O3/c23-14(21-9-12-7-4-8-13(12)15(21)17(24)25)10-22-19-16(18-20-22)11-5-2-1-3-6-11/h1-3,5-6,12-13,15H,4,7-10H2,(H,24,25).